The molecule has 0 aliphatic heterocycles. The van der Waals surface area contributed by atoms with Gasteiger partial charge in [-0.05, 0) is 23.4 Å². The van der Waals surface area contributed by atoms with Crippen LogP contribution in [0.5, 0.6) is 5.75 Å². The molecule has 8 heteroatoms. The van der Waals surface area contributed by atoms with E-state index in [2.05, 4.69) is 31.2 Å². The van der Waals surface area contributed by atoms with Crippen LogP contribution in [0.3, 0.4) is 0 Å². The number of phenolic OH excluding ortho intramolecular Hbond substituents is 1. The number of anilines is 1. The van der Waals surface area contributed by atoms with Gasteiger partial charge >= 0.3 is 0 Å². The lowest BCUT2D eigenvalue weighted by molar-refractivity contribution is 0.474. The minimum absolute atomic E-state index is 0.0862. The number of aromatic hydroxyl groups is 1. The normalized spacial score (nSPS) is 10.8. The molecule has 16 heavy (non-hydrogen) atoms. The van der Waals surface area contributed by atoms with Gasteiger partial charge in [0.1, 0.15) is 5.75 Å². The maximum Gasteiger partial charge on any atom is 0.283 e. The molecular weight excluding hydrogens is 232 g/mol. The molecule has 0 spiro atoms. The predicted octanol–water partition coefficient (Wildman–Crippen LogP) is 1.00. The number of tetrazole rings is 1. The molecule has 0 saturated heterocycles. The fraction of sp³-hybridized carbons (Fsp3) is 0. The lowest BCUT2D eigenvalue weighted by Crippen LogP contribution is -1.92. The number of hydrazone groups is 1. The van der Waals surface area contributed by atoms with Crippen molar-refractivity contribution in [3.63, 3.8) is 0 Å². The molecule has 0 unspecified atom stereocenters. The molecule has 2 aromatic rings. The van der Waals surface area contributed by atoms with E-state index in [1.54, 1.807) is 12.1 Å². The Morgan fingerprint density at radius 3 is 3.12 bits per heavy atom. The van der Waals surface area contributed by atoms with Crippen LogP contribution in [0.4, 0.5) is 5.95 Å². The fourth-order valence-corrected chi connectivity index (χ4v) is 1.18. The van der Waals surface area contributed by atoms with E-state index in [0.717, 1.165) is 0 Å². The Kier molecular flexibility index (Phi) is 2.97. The Morgan fingerprint density at radius 1 is 1.50 bits per heavy atom. The Labute approximate surface area is 95.1 Å². The van der Waals surface area contributed by atoms with Gasteiger partial charge < -0.3 is 5.11 Å². The number of aromatic amines is 1. The highest BCUT2D eigenvalue weighted by Crippen LogP contribution is 2.19. The second-order valence-corrected chi connectivity index (χ2v) is 3.24. The molecule has 82 valence electrons. The molecular formula is C8H7ClN6O. The van der Waals surface area contributed by atoms with Gasteiger partial charge in [-0.1, -0.05) is 16.7 Å². The summed E-state index contributed by atoms with van der Waals surface area (Å²) in [6.07, 6.45) is 1.40. The average Bonchev–Trinajstić information content (AvgIpc) is 2.76. The highest BCUT2D eigenvalue weighted by molar-refractivity contribution is 6.30. The highest BCUT2D eigenvalue weighted by atomic mass is 35.5. The Morgan fingerprint density at radius 2 is 2.38 bits per heavy atom. The molecule has 3 N–H and O–H groups in total. The Hall–Kier alpha value is -2.15. The Balaban J connectivity index is 2.08. The zero-order valence-corrected chi connectivity index (χ0v) is 8.68. The van der Waals surface area contributed by atoms with Gasteiger partial charge in [-0.2, -0.15) is 10.3 Å². The van der Waals surface area contributed by atoms with Crippen LogP contribution in [0.1, 0.15) is 5.56 Å². The number of phenols is 1. The molecule has 2 rings (SSSR count). The number of halogens is 1. The van der Waals surface area contributed by atoms with Crippen molar-refractivity contribution in [3.05, 3.63) is 28.8 Å². The number of benzene rings is 1. The smallest absolute Gasteiger partial charge is 0.283 e. The number of nitrogens with one attached hydrogen (secondary N) is 2. The third-order valence-electron chi connectivity index (χ3n) is 1.70. The molecule has 0 amide bonds. The van der Waals surface area contributed by atoms with Crippen LogP contribution in [0.2, 0.25) is 5.02 Å². The largest absolute Gasteiger partial charge is 0.507 e. The zero-order valence-electron chi connectivity index (χ0n) is 7.92. The Bertz CT molecular complexity index is 497. The van der Waals surface area contributed by atoms with Crippen LogP contribution < -0.4 is 5.43 Å². The van der Waals surface area contributed by atoms with Gasteiger partial charge in [0.15, 0.2) is 0 Å². The number of H-pyrrole nitrogens is 1. The first kappa shape index (κ1) is 10.4. The second-order valence-electron chi connectivity index (χ2n) is 2.81. The summed E-state index contributed by atoms with van der Waals surface area (Å²) in [5.74, 6) is 0.320. The van der Waals surface area contributed by atoms with Crippen molar-refractivity contribution in [2.45, 2.75) is 0 Å². The fourth-order valence-electron chi connectivity index (χ4n) is 0.997. The monoisotopic (exact) mass is 238 g/mol. The molecule has 0 fully saturated rings. The van der Waals surface area contributed by atoms with Crippen molar-refractivity contribution >= 4 is 23.8 Å². The van der Waals surface area contributed by atoms with E-state index in [1.165, 1.54) is 12.3 Å². The van der Waals surface area contributed by atoms with Crippen LogP contribution in [0, 0.1) is 0 Å². The van der Waals surface area contributed by atoms with E-state index < -0.39 is 0 Å². The third-order valence-corrected chi connectivity index (χ3v) is 1.94. The third kappa shape index (κ3) is 2.45. The zero-order chi connectivity index (χ0) is 11.4. The molecule has 7 nitrogen and oxygen atoms in total. The number of aromatic nitrogens is 4. The van der Waals surface area contributed by atoms with Gasteiger partial charge in [-0.25, -0.2) is 5.43 Å². The van der Waals surface area contributed by atoms with Crippen molar-refractivity contribution in [1.29, 1.82) is 0 Å². The molecule has 0 atom stereocenters. The minimum Gasteiger partial charge on any atom is -0.507 e. The average molecular weight is 239 g/mol. The van der Waals surface area contributed by atoms with Gasteiger partial charge in [0.05, 0.1) is 6.21 Å². The number of nitrogens with zero attached hydrogens (tertiary/aromatic N) is 4. The van der Waals surface area contributed by atoms with Crippen LogP contribution in [-0.4, -0.2) is 31.9 Å². The van der Waals surface area contributed by atoms with Gasteiger partial charge in [-0.3, -0.25) is 0 Å². The van der Waals surface area contributed by atoms with Gasteiger partial charge in [-0.15, -0.1) is 5.10 Å². The molecule has 1 heterocycles. The van der Waals surface area contributed by atoms with E-state index in [0.29, 0.717) is 10.6 Å². The van der Waals surface area contributed by atoms with Crippen molar-refractivity contribution < 1.29 is 5.11 Å². The lowest BCUT2D eigenvalue weighted by atomic mass is 10.2. The number of hydrogen-bond acceptors (Lipinski definition) is 6. The summed E-state index contributed by atoms with van der Waals surface area (Å²) < 4.78 is 0. The van der Waals surface area contributed by atoms with E-state index in [9.17, 15) is 5.11 Å². The van der Waals surface area contributed by atoms with Crippen molar-refractivity contribution in [3.8, 4) is 5.75 Å². The molecule has 0 saturated carbocycles. The summed E-state index contributed by atoms with van der Waals surface area (Å²) >= 11 is 5.76. The molecule has 1 aromatic carbocycles. The molecule has 0 bridgehead atoms. The van der Waals surface area contributed by atoms with Gasteiger partial charge in [0, 0.05) is 10.6 Å². The quantitative estimate of drug-likeness (QED) is 0.547. The predicted molar refractivity (Wildman–Crippen MR) is 58.5 cm³/mol. The maximum absolute atomic E-state index is 9.46. The van der Waals surface area contributed by atoms with Crippen LogP contribution in [0.15, 0.2) is 23.3 Å². The number of rotatable bonds is 3. The highest BCUT2D eigenvalue weighted by Gasteiger charge is 1.99. The maximum atomic E-state index is 9.46. The van der Waals surface area contributed by atoms with E-state index in [-0.39, 0.29) is 11.7 Å². The van der Waals surface area contributed by atoms with Crippen LogP contribution in [0.25, 0.3) is 0 Å². The summed E-state index contributed by atoms with van der Waals surface area (Å²) in [6, 6.07) is 4.65. The summed E-state index contributed by atoms with van der Waals surface area (Å²) in [5.41, 5.74) is 3.01. The standard InChI is InChI=1S/C8H7ClN6O/c9-6-1-2-7(16)5(3-6)4-10-11-8-12-14-15-13-8/h1-4,16H,(H2,11,12,13,14,15)/b10-4+. The summed E-state index contributed by atoms with van der Waals surface area (Å²) in [6.45, 7) is 0. The van der Waals surface area contributed by atoms with Gasteiger partial charge in [0.25, 0.3) is 5.95 Å². The van der Waals surface area contributed by atoms with Crippen LogP contribution in [-0.2, 0) is 0 Å². The first-order chi connectivity index (χ1) is 7.75. The van der Waals surface area contributed by atoms with E-state index >= 15 is 0 Å². The number of hydrogen-bond donors (Lipinski definition) is 3. The van der Waals surface area contributed by atoms with Crippen LogP contribution >= 0.6 is 11.6 Å². The van der Waals surface area contributed by atoms with Crippen molar-refractivity contribution in [1.82, 2.24) is 20.6 Å². The summed E-state index contributed by atoms with van der Waals surface area (Å²) in [7, 11) is 0. The van der Waals surface area contributed by atoms with Crippen molar-refractivity contribution in [2.75, 3.05) is 5.43 Å². The lowest BCUT2D eigenvalue weighted by Gasteiger charge is -1.98. The summed E-state index contributed by atoms with van der Waals surface area (Å²) in [5, 5.41) is 26.6. The summed E-state index contributed by atoms with van der Waals surface area (Å²) in [4.78, 5) is 0. The van der Waals surface area contributed by atoms with Crippen molar-refractivity contribution in [2.24, 2.45) is 5.10 Å². The minimum atomic E-state index is 0.0862. The molecule has 0 radical (unpaired) electrons. The van der Waals surface area contributed by atoms with E-state index in [4.69, 9.17) is 11.6 Å². The van der Waals surface area contributed by atoms with E-state index in [1.807, 2.05) is 0 Å². The van der Waals surface area contributed by atoms with Gasteiger partial charge in [0.2, 0.25) is 0 Å². The molecule has 0 aliphatic carbocycles. The first-order valence-electron chi connectivity index (χ1n) is 4.27. The topological polar surface area (TPSA) is 99.1 Å². The first-order valence-corrected chi connectivity index (χ1v) is 4.64. The molecule has 0 aliphatic rings. The molecule has 1 aromatic heterocycles. The second kappa shape index (κ2) is 4.58. The SMILES string of the molecule is Oc1ccc(Cl)cc1/C=N/Nc1nn[nH]n1.